The van der Waals surface area contributed by atoms with Crippen LogP contribution in [0.15, 0.2) is 52.1 Å². The Kier molecular flexibility index (Phi) is 9.96. The molecular weight excluding hydrogens is 479 g/mol. The lowest BCUT2D eigenvalue weighted by atomic mass is 10.1. The summed E-state index contributed by atoms with van der Waals surface area (Å²) in [7, 11) is 0. The largest absolute Gasteiger partial charge is 0.467 e. The van der Waals surface area contributed by atoms with Crippen LogP contribution >= 0.6 is 24.0 Å². The Bertz CT molecular complexity index is 724. The van der Waals surface area contributed by atoms with E-state index in [4.69, 9.17) is 9.15 Å². The molecule has 0 saturated carbocycles. The molecule has 0 spiro atoms. The molecule has 2 atom stereocenters. The smallest absolute Gasteiger partial charge is 0.191 e. The zero-order valence-corrected chi connectivity index (χ0v) is 19.9. The van der Waals surface area contributed by atoms with Crippen molar-refractivity contribution in [3.05, 3.63) is 59.5 Å². The Morgan fingerprint density at radius 1 is 1.07 bits per heavy atom. The fourth-order valence-electron chi connectivity index (χ4n) is 3.52. The average molecular weight is 512 g/mol. The molecule has 0 amide bonds. The van der Waals surface area contributed by atoms with Crippen LogP contribution < -0.4 is 10.6 Å². The Hall–Kier alpha value is -1.58. The lowest BCUT2D eigenvalue weighted by molar-refractivity contribution is -0.0704. The number of morpholine rings is 1. The Balaban J connectivity index is 0.00000300. The maximum atomic E-state index is 5.82. The van der Waals surface area contributed by atoms with Crippen molar-refractivity contribution in [2.45, 2.75) is 52.6 Å². The molecule has 1 aliphatic rings. The molecule has 3 rings (SSSR count). The zero-order chi connectivity index (χ0) is 19.8. The fourth-order valence-corrected chi connectivity index (χ4v) is 3.52. The molecule has 0 bridgehead atoms. The summed E-state index contributed by atoms with van der Waals surface area (Å²) in [4.78, 5) is 7.14. The number of nitrogens with zero attached hydrogens (tertiary/aromatic N) is 2. The van der Waals surface area contributed by atoms with Crippen molar-refractivity contribution >= 4 is 29.9 Å². The van der Waals surface area contributed by atoms with Crippen LogP contribution in [0.2, 0.25) is 0 Å². The van der Waals surface area contributed by atoms with Gasteiger partial charge in [0.1, 0.15) is 5.76 Å². The van der Waals surface area contributed by atoms with Gasteiger partial charge in [0.15, 0.2) is 5.96 Å². The van der Waals surface area contributed by atoms with E-state index in [1.54, 1.807) is 6.26 Å². The van der Waals surface area contributed by atoms with Gasteiger partial charge in [-0.1, -0.05) is 24.3 Å². The van der Waals surface area contributed by atoms with Crippen LogP contribution in [0, 0.1) is 0 Å². The van der Waals surface area contributed by atoms with E-state index in [-0.39, 0.29) is 24.0 Å². The maximum absolute atomic E-state index is 5.82. The standard InChI is InChI=1S/C22H32N4O2.HI/c1-4-23-22(25-13-21-6-5-11-27-21)24-12-19-7-9-20(10-8-19)16-26-14-17(2)28-18(3)15-26;/h5-11,17-18H,4,12-16H2,1-3H3,(H2,23,24,25);1H. The highest BCUT2D eigenvalue weighted by molar-refractivity contribution is 14.0. The highest BCUT2D eigenvalue weighted by atomic mass is 127. The number of rotatable bonds is 7. The molecular formula is C22H33IN4O2. The summed E-state index contributed by atoms with van der Waals surface area (Å²) in [5.74, 6) is 1.68. The number of nitrogens with one attached hydrogen (secondary N) is 2. The van der Waals surface area contributed by atoms with E-state index in [1.165, 1.54) is 11.1 Å². The highest BCUT2D eigenvalue weighted by Gasteiger charge is 2.21. The first-order valence-electron chi connectivity index (χ1n) is 10.1. The lowest BCUT2D eigenvalue weighted by Gasteiger charge is -2.35. The molecule has 0 aliphatic carbocycles. The van der Waals surface area contributed by atoms with Crippen molar-refractivity contribution in [1.29, 1.82) is 0 Å². The van der Waals surface area contributed by atoms with E-state index >= 15 is 0 Å². The Morgan fingerprint density at radius 3 is 2.38 bits per heavy atom. The molecule has 1 fully saturated rings. The Morgan fingerprint density at radius 2 is 1.76 bits per heavy atom. The van der Waals surface area contributed by atoms with Crippen molar-refractivity contribution in [1.82, 2.24) is 15.5 Å². The monoisotopic (exact) mass is 512 g/mol. The minimum Gasteiger partial charge on any atom is -0.467 e. The molecule has 2 aromatic rings. The van der Waals surface area contributed by atoms with Crippen molar-refractivity contribution in [3.63, 3.8) is 0 Å². The number of halogens is 1. The van der Waals surface area contributed by atoms with Gasteiger partial charge in [0.25, 0.3) is 0 Å². The number of guanidine groups is 1. The molecule has 1 aromatic heterocycles. The van der Waals surface area contributed by atoms with E-state index in [9.17, 15) is 0 Å². The summed E-state index contributed by atoms with van der Waals surface area (Å²) in [6.45, 7) is 11.4. The minimum absolute atomic E-state index is 0. The molecule has 1 aromatic carbocycles. The van der Waals surface area contributed by atoms with Gasteiger partial charge in [-0.25, -0.2) is 4.99 Å². The van der Waals surface area contributed by atoms with Gasteiger partial charge in [-0.05, 0) is 44.0 Å². The van der Waals surface area contributed by atoms with Gasteiger partial charge in [-0.2, -0.15) is 0 Å². The van der Waals surface area contributed by atoms with Gasteiger partial charge >= 0.3 is 0 Å². The van der Waals surface area contributed by atoms with E-state index in [1.807, 2.05) is 12.1 Å². The first kappa shape index (κ1) is 23.7. The van der Waals surface area contributed by atoms with Crippen LogP contribution in [0.4, 0.5) is 0 Å². The molecule has 0 radical (unpaired) electrons. The predicted octanol–water partition coefficient (Wildman–Crippen LogP) is 3.76. The van der Waals surface area contributed by atoms with Crippen molar-refractivity contribution < 1.29 is 9.15 Å². The predicted molar refractivity (Wildman–Crippen MR) is 128 cm³/mol. The lowest BCUT2D eigenvalue weighted by Crippen LogP contribution is -2.44. The number of hydrogen-bond acceptors (Lipinski definition) is 4. The summed E-state index contributed by atoms with van der Waals surface area (Å²) < 4.78 is 11.2. The summed E-state index contributed by atoms with van der Waals surface area (Å²) in [6.07, 6.45) is 2.28. The van der Waals surface area contributed by atoms with Crippen molar-refractivity contribution in [2.75, 3.05) is 19.6 Å². The van der Waals surface area contributed by atoms with Crippen LogP contribution in [0.1, 0.15) is 37.7 Å². The second kappa shape index (κ2) is 12.2. The van der Waals surface area contributed by atoms with Crippen LogP contribution in [0.25, 0.3) is 0 Å². The first-order chi connectivity index (χ1) is 13.6. The number of hydrogen-bond donors (Lipinski definition) is 2. The molecule has 160 valence electrons. The fraction of sp³-hybridized carbons (Fsp3) is 0.500. The van der Waals surface area contributed by atoms with E-state index in [0.29, 0.717) is 25.3 Å². The molecule has 2 N–H and O–H groups in total. The first-order valence-corrected chi connectivity index (χ1v) is 10.1. The van der Waals surface area contributed by atoms with Gasteiger partial charge in [0.05, 0.1) is 31.6 Å². The maximum Gasteiger partial charge on any atom is 0.191 e. The van der Waals surface area contributed by atoms with E-state index in [0.717, 1.165) is 37.9 Å². The van der Waals surface area contributed by atoms with Gasteiger partial charge in [0, 0.05) is 26.2 Å². The van der Waals surface area contributed by atoms with Gasteiger partial charge in [-0.3, -0.25) is 4.90 Å². The molecule has 6 nitrogen and oxygen atoms in total. The third kappa shape index (κ3) is 7.98. The number of aliphatic imine (C=N–C) groups is 1. The van der Waals surface area contributed by atoms with Gasteiger partial charge in [-0.15, -0.1) is 24.0 Å². The second-order valence-electron chi connectivity index (χ2n) is 7.40. The quantitative estimate of drug-likeness (QED) is 0.336. The topological polar surface area (TPSA) is 62.0 Å². The highest BCUT2D eigenvalue weighted by Crippen LogP contribution is 2.15. The third-order valence-electron chi connectivity index (χ3n) is 4.70. The van der Waals surface area contributed by atoms with Crippen molar-refractivity contribution in [2.24, 2.45) is 4.99 Å². The summed E-state index contributed by atoms with van der Waals surface area (Å²) >= 11 is 0. The van der Waals surface area contributed by atoms with Crippen molar-refractivity contribution in [3.8, 4) is 0 Å². The van der Waals surface area contributed by atoms with Crippen LogP contribution in [0.5, 0.6) is 0 Å². The molecule has 1 saturated heterocycles. The minimum atomic E-state index is 0. The van der Waals surface area contributed by atoms with E-state index in [2.05, 4.69) is 65.6 Å². The SMILES string of the molecule is CCNC(=NCc1ccc(CN2CC(C)OC(C)C2)cc1)NCc1ccco1.I. The number of ether oxygens (including phenoxy) is 1. The van der Waals surface area contributed by atoms with E-state index < -0.39 is 0 Å². The molecule has 29 heavy (non-hydrogen) atoms. The Labute approximate surface area is 191 Å². The molecule has 2 heterocycles. The number of furan rings is 1. The summed E-state index contributed by atoms with van der Waals surface area (Å²) in [6, 6.07) is 12.6. The van der Waals surface area contributed by atoms with Crippen LogP contribution in [-0.4, -0.2) is 42.7 Å². The van der Waals surface area contributed by atoms with Gasteiger partial charge < -0.3 is 19.8 Å². The normalized spacial score (nSPS) is 20.2. The van der Waals surface area contributed by atoms with Crippen LogP contribution in [-0.2, 0) is 24.4 Å². The number of benzene rings is 1. The van der Waals surface area contributed by atoms with Gasteiger partial charge in [0.2, 0.25) is 0 Å². The molecule has 2 unspecified atom stereocenters. The zero-order valence-electron chi connectivity index (χ0n) is 17.6. The molecule has 1 aliphatic heterocycles. The third-order valence-corrected chi connectivity index (χ3v) is 4.70. The molecule has 7 heteroatoms. The second-order valence-corrected chi connectivity index (χ2v) is 7.40. The summed E-state index contributed by atoms with van der Waals surface area (Å²) in [5, 5.41) is 6.56. The summed E-state index contributed by atoms with van der Waals surface area (Å²) in [5.41, 5.74) is 2.53. The van der Waals surface area contributed by atoms with Crippen LogP contribution in [0.3, 0.4) is 0 Å². The average Bonchev–Trinajstić information content (AvgIpc) is 3.18.